The van der Waals surface area contributed by atoms with Crippen molar-refractivity contribution >= 4 is 16.8 Å². The van der Waals surface area contributed by atoms with Gasteiger partial charge in [-0.15, -0.1) is 0 Å². The maximum atomic E-state index is 12.2. The quantitative estimate of drug-likeness (QED) is 0.876. The first kappa shape index (κ1) is 13.3. The summed E-state index contributed by atoms with van der Waals surface area (Å²) in [4.78, 5) is 16.8. The van der Waals surface area contributed by atoms with Crippen molar-refractivity contribution in [2.45, 2.75) is 32.7 Å². The van der Waals surface area contributed by atoms with Crippen molar-refractivity contribution in [3.05, 3.63) is 30.1 Å². The molecule has 1 aliphatic heterocycles. The molecule has 0 unspecified atom stereocenters. The van der Waals surface area contributed by atoms with Crippen molar-refractivity contribution in [3.63, 3.8) is 0 Å². The predicted octanol–water partition coefficient (Wildman–Crippen LogP) is 2.17. The second-order valence-electron chi connectivity index (χ2n) is 5.61. The van der Waals surface area contributed by atoms with Crippen molar-refractivity contribution in [3.8, 4) is 0 Å². The summed E-state index contributed by atoms with van der Waals surface area (Å²) >= 11 is 0. The van der Waals surface area contributed by atoms with Gasteiger partial charge in [-0.05, 0) is 37.6 Å². The van der Waals surface area contributed by atoms with E-state index in [-0.39, 0.29) is 0 Å². The Hall–Kier alpha value is -1.68. The zero-order valence-corrected chi connectivity index (χ0v) is 11.9. The topological polar surface area (TPSA) is 46.9 Å². The van der Waals surface area contributed by atoms with E-state index in [1.807, 2.05) is 18.2 Å². The van der Waals surface area contributed by atoms with Crippen LogP contribution in [0.15, 0.2) is 24.3 Å². The van der Waals surface area contributed by atoms with E-state index in [0.29, 0.717) is 24.5 Å². The number of fused-ring (bicyclic) bond motifs is 1. The molecule has 106 valence electrons. The van der Waals surface area contributed by atoms with Crippen LogP contribution in [0.1, 0.15) is 25.6 Å². The van der Waals surface area contributed by atoms with Crippen LogP contribution in [0.4, 0.5) is 0 Å². The first-order valence-electron chi connectivity index (χ1n) is 7.44. The van der Waals surface area contributed by atoms with Crippen molar-refractivity contribution in [1.82, 2.24) is 14.9 Å². The summed E-state index contributed by atoms with van der Waals surface area (Å²) in [6, 6.07) is 8.13. The van der Waals surface area contributed by atoms with Gasteiger partial charge in [-0.2, -0.15) is 0 Å². The number of nitrogens with one attached hydrogen (secondary N) is 1. The molecule has 0 spiro atoms. The van der Waals surface area contributed by atoms with Gasteiger partial charge in [0.2, 0.25) is 0 Å². The molecule has 0 radical (unpaired) electrons. The molecule has 0 amide bonds. The van der Waals surface area contributed by atoms with Crippen LogP contribution in [0.3, 0.4) is 0 Å². The first-order chi connectivity index (χ1) is 9.78. The molecule has 2 heterocycles. The molecule has 4 heteroatoms. The summed E-state index contributed by atoms with van der Waals surface area (Å²) in [5, 5.41) is 3.21. The number of nitrogens with zero attached hydrogens (tertiary/aromatic N) is 2. The third-order valence-electron chi connectivity index (χ3n) is 3.92. The van der Waals surface area contributed by atoms with Crippen LogP contribution >= 0.6 is 0 Å². The molecule has 0 aliphatic carbocycles. The van der Waals surface area contributed by atoms with Gasteiger partial charge in [0.05, 0.1) is 17.5 Å². The maximum Gasteiger partial charge on any atom is 0.140 e. The van der Waals surface area contributed by atoms with E-state index >= 15 is 0 Å². The van der Waals surface area contributed by atoms with Gasteiger partial charge in [-0.25, -0.2) is 4.98 Å². The summed E-state index contributed by atoms with van der Waals surface area (Å²) < 4.78 is 2.20. The van der Waals surface area contributed by atoms with Crippen molar-refractivity contribution in [2.75, 3.05) is 13.1 Å². The molecule has 20 heavy (non-hydrogen) atoms. The molecule has 1 aliphatic rings. The SMILES string of the molecule is CCCn1c(CC(=O)CC2CNC2)nc2ccccc21. The van der Waals surface area contributed by atoms with Gasteiger partial charge in [0.1, 0.15) is 11.6 Å². The van der Waals surface area contributed by atoms with Crippen LogP contribution in [-0.4, -0.2) is 28.4 Å². The molecule has 0 saturated carbocycles. The Morgan fingerprint density at radius 3 is 2.90 bits per heavy atom. The van der Waals surface area contributed by atoms with Gasteiger partial charge in [-0.3, -0.25) is 4.79 Å². The van der Waals surface area contributed by atoms with Gasteiger partial charge >= 0.3 is 0 Å². The molecule has 4 nitrogen and oxygen atoms in total. The molecule has 1 aromatic heterocycles. The highest BCUT2D eigenvalue weighted by molar-refractivity contribution is 5.82. The van der Waals surface area contributed by atoms with E-state index in [1.54, 1.807) is 0 Å². The number of ketones is 1. The lowest BCUT2D eigenvalue weighted by Crippen LogP contribution is -2.43. The van der Waals surface area contributed by atoms with Crippen LogP contribution in [0.25, 0.3) is 11.0 Å². The number of hydrogen-bond donors (Lipinski definition) is 1. The number of rotatable bonds is 6. The monoisotopic (exact) mass is 271 g/mol. The molecule has 3 rings (SSSR count). The Balaban J connectivity index is 1.81. The molecule has 1 fully saturated rings. The number of para-hydroxylation sites is 2. The number of aryl methyl sites for hydroxylation is 1. The number of aromatic nitrogens is 2. The largest absolute Gasteiger partial charge is 0.328 e. The average molecular weight is 271 g/mol. The third-order valence-corrected chi connectivity index (χ3v) is 3.92. The number of carbonyl (C=O) groups excluding carboxylic acids is 1. The van der Waals surface area contributed by atoms with E-state index in [0.717, 1.165) is 42.9 Å². The fourth-order valence-corrected chi connectivity index (χ4v) is 2.80. The first-order valence-corrected chi connectivity index (χ1v) is 7.44. The predicted molar refractivity (Wildman–Crippen MR) is 79.7 cm³/mol. The van der Waals surface area contributed by atoms with Gasteiger partial charge in [0.25, 0.3) is 0 Å². The normalized spacial score (nSPS) is 15.4. The summed E-state index contributed by atoms with van der Waals surface area (Å²) in [6.45, 7) is 5.04. The van der Waals surface area contributed by atoms with E-state index in [1.165, 1.54) is 0 Å². The second kappa shape index (κ2) is 5.75. The Bertz CT molecular complexity index is 613. The molecule has 1 N–H and O–H groups in total. The summed E-state index contributed by atoms with van der Waals surface area (Å²) in [5.41, 5.74) is 2.14. The minimum atomic E-state index is 0.309. The Labute approximate surface area is 119 Å². The molecular formula is C16H21N3O. The van der Waals surface area contributed by atoms with Gasteiger partial charge in [-0.1, -0.05) is 19.1 Å². The Morgan fingerprint density at radius 1 is 1.40 bits per heavy atom. The standard InChI is InChI=1S/C16H21N3O/c1-2-7-19-15-6-4-3-5-14(15)18-16(19)9-13(20)8-12-10-17-11-12/h3-6,12,17H,2,7-11H2,1H3. The third kappa shape index (κ3) is 2.61. The smallest absolute Gasteiger partial charge is 0.140 e. The summed E-state index contributed by atoms with van der Waals surface area (Å²) in [6.07, 6.45) is 2.20. The average Bonchev–Trinajstić information content (AvgIpc) is 2.73. The van der Waals surface area contributed by atoms with E-state index in [4.69, 9.17) is 0 Å². The molecule has 1 aromatic carbocycles. The maximum absolute atomic E-state index is 12.2. The zero-order chi connectivity index (χ0) is 13.9. The molecule has 2 aromatic rings. The van der Waals surface area contributed by atoms with Crippen molar-refractivity contribution < 1.29 is 4.79 Å². The molecular weight excluding hydrogens is 250 g/mol. The lowest BCUT2D eigenvalue weighted by atomic mass is 9.95. The molecule has 0 bridgehead atoms. The minimum absolute atomic E-state index is 0.309. The highest BCUT2D eigenvalue weighted by Gasteiger charge is 2.21. The van der Waals surface area contributed by atoms with Crippen LogP contribution in [0, 0.1) is 5.92 Å². The summed E-state index contributed by atoms with van der Waals surface area (Å²) in [5.74, 6) is 1.76. The molecule has 0 atom stereocenters. The number of hydrogen-bond acceptors (Lipinski definition) is 3. The van der Waals surface area contributed by atoms with Crippen LogP contribution < -0.4 is 5.32 Å². The minimum Gasteiger partial charge on any atom is -0.328 e. The van der Waals surface area contributed by atoms with E-state index in [9.17, 15) is 4.79 Å². The highest BCUT2D eigenvalue weighted by atomic mass is 16.1. The number of carbonyl (C=O) groups is 1. The Morgan fingerprint density at radius 2 is 2.20 bits per heavy atom. The van der Waals surface area contributed by atoms with Crippen molar-refractivity contribution in [1.29, 1.82) is 0 Å². The summed E-state index contributed by atoms with van der Waals surface area (Å²) in [7, 11) is 0. The Kier molecular flexibility index (Phi) is 3.83. The van der Waals surface area contributed by atoms with E-state index in [2.05, 4.69) is 27.9 Å². The fraction of sp³-hybridized carbons (Fsp3) is 0.500. The number of benzene rings is 1. The second-order valence-corrected chi connectivity index (χ2v) is 5.61. The van der Waals surface area contributed by atoms with Gasteiger partial charge in [0, 0.05) is 13.0 Å². The fourth-order valence-electron chi connectivity index (χ4n) is 2.80. The van der Waals surface area contributed by atoms with Crippen LogP contribution in [0.5, 0.6) is 0 Å². The molecule has 1 saturated heterocycles. The number of imidazole rings is 1. The van der Waals surface area contributed by atoms with Crippen LogP contribution in [0.2, 0.25) is 0 Å². The lowest BCUT2D eigenvalue weighted by Gasteiger charge is -2.26. The van der Waals surface area contributed by atoms with E-state index < -0.39 is 0 Å². The van der Waals surface area contributed by atoms with Crippen molar-refractivity contribution in [2.24, 2.45) is 5.92 Å². The lowest BCUT2D eigenvalue weighted by molar-refractivity contribution is -0.119. The highest BCUT2D eigenvalue weighted by Crippen LogP contribution is 2.18. The van der Waals surface area contributed by atoms with Gasteiger partial charge in [0.15, 0.2) is 0 Å². The van der Waals surface area contributed by atoms with Crippen LogP contribution in [-0.2, 0) is 17.8 Å². The zero-order valence-electron chi connectivity index (χ0n) is 11.9. The van der Waals surface area contributed by atoms with Gasteiger partial charge < -0.3 is 9.88 Å². The number of Topliss-reactive ketones (excluding diaryl/α,β-unsaturated/α-hetero) is 1.